The van der Waals surface area contributed by atoms with E-state index in [2.05, 4.69) is 98.3 Å². The van der Waals surface area contributed by atoms with Gasteiger partial charge in [0.05, 0.1) is 17.3 Å². The number of benzene rings is 2. The third-order valence-corrected chi connectivity index (χ3v) is 8.44. The molecule has 0 amide bonds. The maximum atomic E-state index is 9.83. The summed E-state index contributed by atoms with van der Waals surface area (Å²) < 4.78 is 1.83. The topological polar surface area (TPSA) is 84.5 Å². The summed E-state index contributed by atoms with van der Waals surface area (Å²) in [5.74, 6) is 0.988. The fourth-order valence-electron chi connectivity index (χ4n) is 6.12. The van der Waals surface area contributed by atoms with Crippen LogP contribution in [0.3, 0.4) is 0 Å². The van der Waals surface area contributed by atoms with Gasteiger partial charge in [0, 0.05) is 85.8 Å². The molecule has 0 unspecified atom stereocenters. The van der Waals surface area contributed by atoms with Gasteiger partial charge in [0.2, 0.25) is 0 Å². The smallest absolute Gasteiger partial charge is 0.128 e. The van der Waals surface area contributed by atoms with E-state index in [0.717, 1.165) is 85.7 Å². The van der Waals surface area contributed by atoms with Crippen LogP contribution < -0.4 is 20.4 Å². The van der Waals surface area contributed by atoms with Gasteiger partial charge in [-0.2, -0.15) is 10.4 Å². The number of pyridine rings is 2. The zero-order valence-electron chi connectivity index (χ0n) is 23.6. The highest BCUT2D eigenvalue weighted by Gasteiger charge is 2.21. The van der Waals surface area contributed by atoms with Crippen LogP contribution in [0.1, 0.15) is 18.4 Å². The third kappa shape index (κ3) is 5.27. The molecule has 5 heterocycles. The Balaban J connectivity index is 1.13. The predicted molar refractivity (Wildman–Crippen MR) is 169 cm³/mol. The van der Waals surface area contributed by atoms with Crippen molar-refractivity contribution in [2.75, 3.05) is 54.4 Å². The molecule has 8 nitrogen and oxygen atoms in total. The van der Waals surface area contributed by atoms with E-state index in [1.54, 1.807) is 6.20 Å². The molecular formula is C34H34N8. The van der Waals surface area contributed by atoms with Crippen LogP contribution in [0.2, 0.25) is 0 Å². The van der Waals surface area contributed by atoms with Crippen LogP contribution in [0.5, 0.6) is 0 Å². The summed E-state index contributed by atoms with van der Waals surface area (Å²) in [7, 11) is 0. The number of hydrogen-bond donors (Lipinski definition) is 2. The number of piperidine rings is 1. The van der Waals surface area contributed by atoms with E-state index in [9.17, 15) is 5.26 Å². The predicted octanol–water partition coefficient (Wildman–Crippen LogP) is 5.43. The largest absolute Gasteiger partial charge is 0.382 e. The number of nitriles is 1. The van der Waals surface area contributed by atoms with E-state index in [-0.39, 0.29) is 0 Å². The molecule has 3 aromatic heterocycles. The lowest BCUT2D eigenvalue weighted by molar-refractivity contribution is 0.523. The second-order valence-corrected chi connectivity index (χ2v) is 11.1. The molecule has 42 heavy (non-hydrogen) atoms. The van der Waals surface area contributed by atoms with Gasteiger partial charge in [-0.05, 0) is 60.9 Å². The lowest BCUT2D eigenvalue weighted by Gasteiger charge is -2.33. The number of nitrogens with one attached hydrogen (secondary N) is 2. The van der Waals surface area contributed by atoms with E-state index in [0.29, 0.717) is 11.6 Å². The van der Waals surface area contributed by atoms with E-state index in [4.69, 9.17) is 4.98 Å². The van der Waals surface area contributed by atoms with Crippen molar-refractivity contribution in [2.24, 2.45) is 0 Å². The van der Waals surface area contributed by atoms with Crippen molar-refractivity contribution in [3.8, 4) is 28.3 Å². The number of fused-ring (bicyclic) bond motifs is 1. The highest BCUT2D eigenvalue weighted by molar-refractivity contribution is 5.87. The summed E-state index contributed by atoms with van der Waals surface area (Å²) in [6, 6.07) is 28.4. The Kier molecular flexibility index (Phi) is 7.17. The zero-order valence-corrected chi connectivity index (χ0v) is 23.6. The number of hydrogen-bond acceptors (Lipinski definition) is 7. The Morgan fingerprint density at radius 3 is 2.29 bits per heavy atom. The molecule has 0 saturated carbocycles. The molecule has 5 aromatic rings. The highest BCUT2D eigenvalue weighted by atomic mass is 15.2. The number of piperazine rings is 1. The average Bonchev–Trinajstić information content (AvgIpc) is 3.49. The molecule has 0 bridgehead atoms. The molecule has 2 saturated heterocycles. The van der Waals surface area contributed by atoms with E-state index < -0.39 is 0 Å². The zero-order chi connectivity index (χ0) is 28.3. The Morgan fingerprint density at radius 1 is 0.810 bits per heavy atom. The lowest BCUT2D eigenvalue weighted by Crippen LogP contribution is -2.43. The van der Waals surface area contributed by atoms with Crippen LogP contribution in [0, 0.1) is 11.3 Å². The molecule has 8 heteroatoms. The molecule has 210 valence electrons. The molecule has 2 aromatic carbocycles. The fourth-order valence-corrected chi connectivity index (χ4v) is 6.12. The fraction of sp³-hybridized carbons (Fsp3) is 0.265. The van der Waals surface area contributed by atoms with Gasteiger partial charge in [0.25, 0.3) is 0 Å². The molecule has 7 rings (SSSR count). The van der Waals surface area contributed by atoms with Crippen LogP contribution in [0.25, 0.3) is 27.8 Å². The van der Waals surface area contributed by atoms with E-state index in [1.807, 2.05) is 23.0 Å². The first-order valence-electron chi connectivity index (χ1n) is 14.8. The monoisotopic (exact) mass is 554 g/mol. The molecule has 2 aliphatic rings. The number of para-hydroxylation sites is 1. The van der Waals surface area contributed by atoms with E-state index in [1.165, 1.54) is 11.4 Å². The summed E-state index contributed by atoms with van der Waals surface area (Å²) in [5.41, 5.74) is 7.88. The van der Waals surface area contributed by atoms with E-state index >= 15 is 0 Å². The first-order valence-corrected chi connectivity index (χ1v) is 14.8. The van der Waals surface area contributed by atoms with Crippen molar-refractivity contribution < 1.29 is 0 Å². The summed E-state index contributed by atoms with van der Waals surface area (Å²) >= 11 is 0. The van der Waals surface area contributed by atoms with Gasteiger partial charge >= 0.3 is 0 Å². The maximum Gasteiger partial charge on any atom is 0.128 e. The SMILES string of the molecule is N#Cc1cnn2cc(-c3ccc(N4CCNCC4)cc3)cc(-c3ccc(N4CCC(Nc5ccccc5)CC4)nc3)c12. The Hall–Kier alpha value is -4.87. The second-order valence-electron chi connectivity index (χ2n) is 11.1. The van der Waals surface area contributed by atoms with Crippen LogP contribution in [0.4, 0.5) is 17.2 Å². The molecule has 2 aliphatic heterocycles. The summed E-state index contributed by atoms with van der Waals surface area (Å²) in [5, 5.41) is 21.4. The second kappa shape index (κ2) is 11.6. The van der Waals surface area contributed by atoms with Crippen molar-refractivity contribution >= 4 is 22.7 Å². The molecule has 0 aliphatic carbocycles. The quantitative estimate of drug-likeness (QED) is 0.290. The Bertz CT molecular complexity index is 1690. The van der Waals surface area contributed by atoms with Gasteiger partial charge in [0.15, 0.2) is 0 Å². The standard InChI is InChI=1S/C34H34N8/c35-21-28-23-38-42-24-27(25-6-9-31(10-7-25)40-18-14-36-15-19-40)20-32(34(28)42)26-8-11-33(37-22-26)41-16-12-30(13-17-41)39-29-4-2-1-3-5-29/h1-11,20,22-24,30,36,39H,12-19H2. The summed E-state index contributed by atoms with van der Waals surface area (Å²) in [6.07, 6.45) is 7.72. The van der Waals surface area contributed by atoms with Crippen molar-refractivity contribution in [2.45, 2.75) is 18.9 Å². The highest BCUT2D eigenvalue weighted by Crippen LogP contribution is 2.33. The molecule has 0 spiro atoms. The lowest BCUT2D eigenvalue weighted by atomic mass is 9.99. The van der Waals surface area contributed by atoms with Crippen molar-refractivity contribution in [3.05, 3.63) is 97.0 Å². The van der Waals surface area contributed by atoms with Gasteiger partial charge in [0.1, 0.15) is 11.9 Å². The minimum absolute atomic E-state index is 0.469. The minimum atomic E-state index is 0.469. The Morgan fingerprint density at radius 2 is 1.57 bits per heavy atom. The van der Waals surface area contributed by atoms with Gasteiger partial charge in [-0.15, -0.1) is 0 Å². The first kappa shape index (κ1) is 26.1. The minimum Gasteiger partial charge on any atom is -0.382 e. The number of anilines is 3. The first-order chi connectivity index (χ1) is 20.7. The maximum absolute atomic E-state index is 9.83. The van der Waals surface area contributed by atoms with Gasteiger partial charge in [-0.3, -0.25) is 0 Å². The van der Waals surface area contributed by atoms with Gasteiger partial charge in [-0.25, -0.2) is 9.50 Å². The van der Waals surface area contributed by atoms with Crippen LogP contribution >= 0.6 is 0 Å². The van der Waals surface area contributed by atoms with Crippen LogP contribution in [-0.2, 0) is 0 Å². The molecule has 0 radical (unpaired) electrons. The number of nitrogens with zero attached hydrogens (tertiary/aromatic N) is 6. The summed E-state index contributed by atoms with van der Waals surface area (Å²) in [6.45, 7) is 5.98. The van der Waals surface area contributed by atoms with Crippen molar-refractivity contribution in [1.82, 2.24) is 19.9 Å². The van der Waals surface area contributed by atoms with Gasteiger partial charge < -0.3 is 20.4 Å². The molecular weight excluding hydrogens is 520 g/mol. The molecule has 0 atom stereocenters. The normalized spacial score (nSPS) is 16.0. The average molecular weight is 555 g/mol. The van der Waals surface area contributed by atoms with Gasteiger partial charge in [-0.1, -0.05) is 30.3 Å². The third-order valence-electron chi connectivity index (χ3n) is 8.44. The molecule has 2 fully saturated rings. The van der Waals surface area contributed by atoms with Crippen molar-refractivity contribution in [1.29, 1.82) is 5.26 Å². The van der Waals surface area contributed by atoms with Crippen LogP contribution in [0.15, 0.2) is 91.4 Å². The number of rotatable bonds is 6. The van der Waals surface area contributed by atoms with Crippen LogP contribution in [-0.4, -0.2) is 59.9 Å². The number of aromatic nitrogens is 3. The van der Waals surface area contributed by atoms with Crippen molar-refractivity contribution in [3.63, 3.8) is 0 Å². The summed E-state index contributed by atoms with van der Waals surface area (Å²) in [4.78, 5) is 9.66. The molecule has 2 N–H and O–H groups in total. The Labute approximate surface area is 246 Å².